The molecule has 1 heterocycles. The smallest absolute Gasteiger partial charge is 0.315 e. The van der Waals surface area contributed by atoms with E-state index in [1.54, 1.807) is 64.3 Å². The summed E-state index contributed by atoms with van der Waals surface area (Å²) >= 11 is 13.3. The van der Waals surface area contributed by atoms with Gasteiger partial charge in [0, 0.05) is 34.7 Å². The van der Waals surface area contributed by atoms with Crippen LogP contribution in [-0.2, 0) is 26.2 Å². The number of sulfonamides is 1. The van der Waals surface area contributed by atoms with Gasteiger partial charge in [0.1, 0.15) is 17.8 Å². The number of carbonyl (C=O) groups is 4. The fraction of sp³-hybridized carbons (Fsp3) is 0.474. The van der Waals surface area contributed by atoms with Gasteiger partial charge in [0.15, 0.2) is 5.01 Å². The van der Waals surface area contributed by atoms with E-state index in [2.05, 4.69) is 36.0 Å². The van der Waals surface area contributed by atoms with Gasteiger partial charge < -0.3 is 31.7 Å². The van der Waals surface area contributed by atoms with Crippen LogP contribution in [0, 0.1) is 32.6 Å². The number of ketones is 1. The number of ether oxygens (including phenoxy) is 1. The third-order valence-corrected chi connectivity index (χ3v) is 12.0. The van der Waals surface area contributed by atoms with Crippen molar-refractivity contribution in [3.63, 3.8) is 0 Å². The number of carbonyl (C=O) groups excluding carboxylic acids is 4. The van der Waals surface area contributed by atoms with E-state index in [9.17, 15) is 27.6 Å². The van der Waals surface area contributed by atoms with E-state index in [4.69, 9.17) is 33.7 Å². The van der Waals surface area contributed by atoms with Gasteiger partial charge in [0.2, 0.25) is 23.6 Å². The highest BCUT2D eigenvalue weighted by Crippen LogP contribution is 2.30. The lowest BCUT2D eigenvalue weighted by atomic mass is 9.99. The van der Waals surface area contributed by atoms with Gasteiger partial charge in [0.05, 0.1) is 18.0 Å². The standard InChI is InChI=1S/C38H52Cl2N8O7S2/c1-20(2)16-29(46-38(52)44-19-25-11-12-26(39)18-27(25)40)34(50)47-31(21(3)4)35(51)45-28(32(49)36-42-14-15-56-36)10-9-13-43-37(41)48-57(53,54)33-22(5)17-30(55-8)23(6)24(33)7/h11-12,14-15,17-18,20-21,28-29,31H,9-10,13,16,19H2,1-8H3,(H,45,51)(H,47,50)(H3,41,43,48)(H2,44,46,52)/t28-,29-,31-/m0/s1. The summed E-state index contributed by atoms with van der Waals surface area (Å²) in [5, 5.41) is 13.6. The first-order valence-corrected chi connectivity index (χ1v) is 21.4. The van der Waals surface area contributed by atoms with Gasteiger partial charge in [-0.1, -0.05) is 57.0 Å². The van der Waals surface area contributed by atoms with Crippen molar-refractivity contribution < 1.29 is 32.3 Å². The number of hydrogen-bond acceptors (Lipinski definition) is 10. The second-order valence-corrected chi connectivity index (χ2v) is 17.6. The Morgan fingerprint density at radius 2 is 1.67 bits per heavy atom. The van der Waals surface area contributed by atoms with Crippen LogP contribution in [-0.4, -0.2) is 74.8 Å². The lowest BCUT2D eigenvalue weighted by molar-refractivity contribution is -0.131. The van der Waals surface area contributed by atoms with Gasteiger partial charge in [-0.15, -0.1) is 11.3 Å². The van der Waals surface area contributed by atoms with Crippen LogP contribution in [0.2, 0.25) is 10.0 Å². The van der Waals surface area contributed by atoms with Crippen molar-refractivity contribution in [3.05, 3.63) is 73.1 Å². The van der Waals surface area contributed by atoms with Crippen LogP contribution < -0.4 is 36.5 Å². The molecule has 3 atom stereocenters. The second-order valence-electron chi connectivity index (χ2n) is 14.2. The van der Waals surface area contributed by atoms with Gasteiger partial charge in [-0.3, -0.25) is 19.4 Å². The Labute approximate surface area is 348 Å². The first-order valence-electron chi connectivity index (χ1n) is 18.3. The van der Waals surface area contributed by atoms with Gasteiger partial charge in [0.25, 0.3) is 10.0 Å². The molecular formula is C38H52Cl2N8O7S2. The minimum Gasteiger partial charge on any atom is -0.496 e. The molecule has 0 bridgehead atoms. The number of nitrogens with one attached hydrogen (secondary N) is 5. The summed E-state index contributed by atoms with van der Waals surface area (Å²) < 4.78 is 34.2. The number of thiazole rings is 1. The molecule has 0 saturated heterocycles. The van der Waals surface area contributed by atoms with E-state index in [1.807, 2.05) is 13.8 Å². The fourth-order valence-electron chi connectivity index (χ4n) is 5.93. The third kappa shape index (κ3) is 13.6. The van der Waals surface area contributed by atoms with Crippen molar-refractivity contribution in [2.45, 2.75) is 97.3 Å². The van der Waals surface area contributed by atoms with Crippen molar-refractivity contribution in [2.24, 2.45) is 22.6 Å². The minimum atomic E-state index is -4.10. The molecule has 19 heteroatoms. The largest absolute Gasteiger partial charge is 0.496 e. The number of hydrogen-bond donors (Lipinski definition) is 6. The molecule has 3 aromatic rings. The lowest BCUT2D eigenvalue weighted by Crippen LogP contribution is -2.58. The van der Waals surface area contributed by atoms with Crippen LogP contribution in [0.5, 0.6) is 5.75 Å². The van der Waals surface area contributed by atoms with Crippen LogP contribution in [0.15, 0.2) is 45.7 Å². The number of amides is 4. The Kier molecular flexibility index (Phi) is 17.6. The highest BCUT2D eigenvalue weighted by Gasteiger charge is 2.32. The van der Waals surface area contributed by atoms with E-state index in [0.717, 1.165) is 11.3 Å². The van der Waals surface area contributed by atoms with Crippen LogP contribution in [0.25, 0.3) is 0 Å². The van der Waals surface area contributed by atoms with Crippen molar-refractivity contribution in [1.82, 2.24) is 31.0 Å². The van der Waals surface area contributed by atoms with Crippen LogP contribution in [0.3, 0.4) is 0 Å². The molecule has 0 aliphatic rings. The number of aryl methyl sites for hydroxylation is 1. The zero-order chi connectivity index (χ0) is 42.6. The molecule has 0 saturated carbocycles. The van der Waals surface area contributed by atoms with E-state index in [0.29, 0.717) is 38.0 Å². The Bertz CT molecular complexity index is 2040. The normalized spacial score (nSPS) is 13.4. The first-order chi connectivity index (χ1) is 26.7. The molecule has 0 aliphatic heterocycles. The molecule has 7 N–H and O–H groups in total. The minimum absolute atomic E-state index is 0.00487. The number of aromatic nitrogens is 1. The number of rotatable bonds is 19. The van der Waals surface area contributed by atoms with Gasteiger partial charge in [-0.25, -0.2) is 22.9 Å². The highest BCUT2D eigenvalue weighted by atomic mass is 35.5. The molecule has 0 spiro atoms. The molecule has 0 fully saturated rings. The number of aliphatic imine (C=N–C) groups is 1. The summed E-state index contributed by atoms with van der Waals surface area (Å²) in [7, 11) is -2.59. The molecule has 3 rings (SSSR count). The number of benzene rings is 2. The Balaban J connectivity index is 1.70. The molecule has 0 radical (unpaired) electrons. The molecule has 15 nitrogen and oxygen atoms in total. The highest BCUT2D eigenvalue weighted by molar-refractivity contribution is 7.90. The van der Waals surface area contributed by atoms with Gasteiger partial charge >= 0.3 is 6.03 Å². The summed E-state index contributed by atoms with van der Waals surface area (Å²) in [4.78, 5) is 62.2. The SMILES string of the molecule is COc1cc(C)c(S(=O)(=O)NC(N)=NCCC[C@H](NC(=O)[C@@H](NC(=O)[C@H](CC(C)C)NC(=O)NCc2ccc(Cl)cc2Cl)C(C)C)C(=O)c2nccs2)c(C)c1C. The van der Waals surface area contributed by atoms with E-state index < -0.39 is 57.7 Å². The van der Waals surface area contributed by atoms with Gasteiger partial charge in [-0.2, -0.15) is 0 Å². The predicted octanol–water partition coefficient (Wildman–Crippen LogP) is 5.18. The Morgan fingerprint density at radius 1 is 0.965 bits per heavy atom. The number of halogens is 2. The molecule has 2 aromatic carbocycles. The summed E-state index contributed by atoms with van der Waals surface area (Å²) in [6.45, 7) is 12.5. The Morgan fingerprint density at radius 3 is 2.26 bits per heavy atom. The maximum atomic E-state index is 13.8. The summed E-state index contributed by atoms with van der Waals surface area (Å²) in [5.41, 5.74) is 8.27. The van der Waals surface area contributed by atoms with Crippen LogP contribution in [0.4, 0.5) is 4.79 Å². The van der Waals surface area contributed by atoms with Crippen molar-refractivity contribution in [3.8, 4) is 5.75 Å². The first kappa shape index (κ1) is 46.9. The quantitative estimate of drug-likeness (QED) is 0.0404. The maximum Gasteiger partial charge on any atom is 0.315 e. The number of Topliss-reactive ketones (excluding diaryl/α,β-unsaturated/α-hetero) is 1. The number of nitrogens with two attached hydrogens (primary N) is 1. The summed E-state index contributed by atoms with van der Waals surface area (Å²) in [6.07, 6.45) is 2.06. The fourth-order valence-corrected chi connectivity index (χ4v) is 8.52. The number of nitrogens with zero attached hydrogens (tertiary/aromatic N) is 2. The van der Waals surface area contributed by atoms with E-state index in [1.165, 1.54) is 13.3 Å². The zero-order valence-electron chi connectivity index (χ0n) is 33.3. The topological polar surface area (TPSA) is 223 Å². The molecule has 0 aliphatic carbocycles. The van der Waals surface area contributed by atoms with Gasteiger partial charge in [-0.05, 0) is 92.3 Å². The van der Waals surface area contributed by atoms with Crippen molar-refractivity contribution in [2.75, 3.05) is 13.7 Å². The predicted molar refractivity (Wildman–Crippen MR) is 223 cm³/mol. The van der Waals surface area contributed by atoms with Crippen LogP contribution >= 0.6 is 34.5 Å². The average Bonchev–Trinajstić information content (AvgIpc) is 3.67. The van der Waals surface area contributed by atoms with E-state index in [-0.39, 0.29) is 54.1 Å². The maximum absolute atomic E-state index is 13.8. The lowest BCUT2D eigenvalue weighted by Gasteiger charge is -2.27. The molecule has 57 heavy (non-hydrogen) atoms. The molecule has 1 aromatic heterocycles. The number of methoxy groups -OCH3 is 1. The molecule has 0 unspecified atom stereocenters. The van der Waals surface area contributed by atoms with E-state index >= 15 is 0 Å². The zero-order valence-corrected chi connectivity index (χ0v) is 36.4. The number of guanidine groups is 1. The molecule has 312 valence electrons. The average molecular weight is 868 g/mol. The Hall–Kier alpha value is -4.45. The third-order valence-electron chi connectivity index (χ3n) is 8.95. The van der Waals surface area contributed by atoms with Crippen molar-refractivity contribution >= 4 is 74.2 Å². The second kappa shape index (κ2) is 21.3. The molecule has 4 amide bonds. The number of urea groups is 1. The van der Waals surface area contributed by atoms with Crippen LogP contribution in [0.1, 0.15) is 79.0 Å². The van der Waals surface area contributed by atoms with Crippen molar-refractivity contribution in [1.29, 1.82) is 0 Å². The monoisotopic (exact) mass is 866 g/mol. The molecular weight excluding hydrogens is 816 g/mol. The summed E-state index contributed by atoms with van der Waals surface area (Å²) in [5.74, 6) is -1.83. The summed E-state index contributed by atoms with van der Waals surface area (Å²) in [6, 6.07) is 2.78.